The van der Waals surface area contributed by atoms with Crippen LogP contribution in [0.25, 0.3) is 0 Å². The molecule has 0 bridgehead atoms. The normalized spacial score (nSPS) is 21.6. The molecular weight excluding hydrogens is 276 g/mol. The molecule has 0 amide bonds. The molecule has 0 N–H and O–H groups in total. The molecule has 1 aliphatic carbocycles. The van der Waals surface area contributed by atoms with E-state index in [4.69, 9.17) is 10.00 Å². The van der Waals surface area contributed by atoms with Gasteiger partial charge in [-0.25, -0.2) is 4.39 Å². The molecule has 21 heavy (non-hydrogen) atoms. The van der Waals surface area contributed by atoms with Gasteiger partial charge in [-0.2, -0.15) is 9.65 Å². The Hall–Kier alpha value is -1.96. The second-order valence-corrected chi connectivity index (χ2v) is 5.40. The number of ether oxygens (including phenoxy) is 1. The van der Waals surface area contributed by atoms with Crippen LogP contribution in [0.4, 0.5) is 8.78 Å². The molecule has 0 spiro atoms. The predicted molar refractivity (Wildman–Crippen MR) is 72.4 cm³/mol. The Labute approximate surface area is 122 Å². The molecule has 0 radical (unpaired) electrons. The maximum Gasteiger partial charge on any atom is 0.314 e. The minimum Gasteiger partial charge on any atom is -0.423 e. The Morgan fingerprint density at radius 2 is 1.95 bits per heavy atom. The first-order valence-electron chi connectivity index (χ1n) is 7.16. The molecule has 1 aromatic rings. The second-order valence-electron chi connectivity index (χ2n) is 5.40. The summed E-state index contributed by atoms with van der Waals surface area (Å²) in [5.74, 6) is -3.16. The third-order valence-electron chi connectivity index (χ3n) is 4.14. The lowest BCUT2D eigenvalue weighted by molar-refractivity contribution is -0.140. The highest BCUT2D eigenvalue weighted by atomic mass is 19.2. The molecule has 1 aromatic carbocycles. The van der Waals surface area contributed by atoms with Crippen molar-refractivity contribution in [2.24, 2.45) is 11.8 Å². The van der Waals surface area contributed by atoms with Crippen molar-refractivity contribution in [2.75, 3.05) is 0 Å². The number of rotatable bonds is 3. The van der Waals surface area contributed by atoms with Gasteiger partial charge >= 0.3 is 5.97 Å². The number of hydrogen-bond donors (Lipinski definition) is 0. The quantitative estimate of drug-likeness (QED) is 0.626. The topological polar surface area (TPSA) is 50.1 Å². The van der Waals surface area contributed by atoms with Crippen LogP contribution in [0.2, 0.25) is 0 Å². The fraction of sp³-hybridized carbons (Fsp3) is 0.500. The molecule has 0 aliphatic heterocycles. The van der Waals surface area contributed by atoms with Crippen molar-refractivity contribution in [3.8, 4) is 11.8 Å². The number of esters is 1. The number of nitriles is 1. The molecular formula is C16H17F2NO2. The van der Waals surface area contributed by atoms with Gasteiger partial charge in [-0.15, -0.1) is 0 Å². The van der Waals surface area contributed by atoms with E-state index in [2.05, 4.69) is 6.92 Å². The van der Waals surface area contributed by atoms with Gasteiger partial charge in [-0.3, -0.25) is 4.79 Å². The molecule has 0 saturated heterocycles. The summed E-state index contributed by atoms with van der Waals surface area (Å²) in [5.41, 5.74) is -0.407. The lowest BCUT2D eigenvalue weighted by atomic mass is 9.81. The summed E-state index contributed by atoms with van der Waals surface area (Å²) < 4.78 is 32.1. The zero-order valence-electron chi connectivity index (χ0n) is 11.9. The Balaban J connectivity index is 2.04. The lowest BCUT2D eigenvalue weighted by Gasteiger charge is -2.26. The van der Waals surface area contributed by atoms with E-state index in [1.54, 1.807) is 0 Å². The first kappa shape index (κ1) is 15.4. The Bertz CT molecular complexity index is 572. The van der Waals surface area contributed by atoms with Crippen LogP contribution < -0.4 is 4.74 Å². The first-order valence-corrected chi connectivity index (χ1v) is 7.16. The Morgan fingerprint density at radius 3 is 2.52 bits per heavy atom. The highest BCUT2D eigenvalue weighted by Gasteiger charge is 2.28. The monoisotopic (exact) mass is 293 g/mol. The smallest absolute Gasteiger partial charge is 0.314 e. The maximum absolute atomic E-state index is 13.7. The molecule has 0 unspecified atom stereocenters. The third-order valence-corrected chi connectivity index (χ3v) is 4.14. The second kappa shape index (κ2) is 6.66. The molecule has 1 aliphatic rings. The average Bonchev–Trinajstić information content (AvgIpc) is 2.52. The first-order chi connectivity index (χ1) is 10.1. The molecule has 112 valence electrons. The molecule has 5 heteroatoms. The largest absolute Gasteiger partial charge is 0.423 e. The summed E-state index contributed by atoms with van der Waals surface area (Å²) in [7, 11) is 0. The maximum atomic E-state index is 13.7. The van der Waals surface area contributed by atoms with Crippen LogP contribution in [0, 0.1) is 34.8 Å². The van der Waals surface area contributed by atoms with E-state index in [0.717, 1.165) is 44.2 Å². The van der Waals surface area contributed by atoms with Crippen LogP contribution in [0.3, 0.4) is 0 Å². The van der Waals surface area contributed by atoms with Gasteiger partial charge in [-0.1, -0.05) is 13.3 Å². The van der Waals surface area contributed by atoms with Crippen LogP contribution in [0.15, 0.2) is 12.1 Å². The number of benzene rings is 1. The minimum absolute atomic E-state index is 0.258. The highest BCUT2D eigenvalue weighted by molar-refractivity contribution is 5.75. The van der Waals surface area contributed by atoms with Crippen molar-refractivity contribution in [2.45, 2.75) is 39.0 Å². The zero-order valence-corrected chi connectivity index (χ0v) is 11.9. The Morgan fingerprint density at radius 1 is 1.29 bits per heavy atom. The van der Waals surface area contributed by atoms with Crippen LogP contribution >= 0.6 is 0 Å². The van der Waals surface area contributed by atoms with Crippen LogP contribution in [-0.4, -0.2) is 5.97 Å². The van der Waals surface area contributed by atoms with E-state index in [1.807, 2.05) is 0 Å². The van der Waals surface area contributed by atoms with Gasteiger partial charge in [0.25, 0.3) is 0 Å². The van der Waals surface area contributed by atoms with Gasteiger partial charge in [0.1, 0.15) is 6.07 Å². The van der Waals surface area contributed by atoms with Crippen molar-refractivity contribution in [1.29, 1.82) is 5.26 Å². The third kappa shape index (κ3) is 3.38. The number of nitrogens with zero attached hydrogens (tertiary/aromatic N) is 1. The van der Waals surface area contributed by atoms with Crippen molar-refractivity contribution >= 4 is 5.97 Å². The summed E-state index contributed by atoms with van der Waals surface area (Å²) in [6.45, 7) is 2.12. The molecule has 1 saturated carbocycles. The number of halogens is 2. The molecule has 0 heterocycles. The summed E-state index contributed by atoms with van der Waals surface area (Å²) >= 11 is 0. The lowest BCUT2D eigenvalue weighted by Crippen LogP contribution is -2.26. The van der Waals surface area contributed by atoms with Crippen molar-refractivity contribution < 1.29 is 18.3 Å². The minimum atomic E-state index is -1.29. The fourth-order valence-corrected chi connectivity index (χ4v) is 2.70. The van der Waals surface area contributed by atoms with Gasteiger partial charge in [0.15, 0.2) is 11.6 Å². The van der Waals surface area contributed by atoms with Crippen molar-refractivity contribution in [1.82, 2.24) is 0 Å². The van der Waals surface area contributed by atoms with Gasteiger partial charge in [0.05, 0.1) is 11.5 Å². The van der Waals surface area contributed by atoms with Crippen LogP contribution in [-0.2, 0) is 4.79 Å². The SMILES string of the molecule is CC[C@H]1CC[C@H](C(=O)Oc2ccc(C#N)c(F)c2F)CC1. The fourth-order valence-electron chi connectivity index (χ4n) is 2.70. The van der Waals surface area contributed by atoms with Crippen molar-refractivity contribution in [3.63, 3.8) is 0 Å². The number of carbonyl (C=O) groups excluding carboxylic acids is 1. The van der Waals surface area contributed by atoms with E-state index in [9.17, 15) is 13.6 Å². The standard InChI is InChI=1S/C16H17F2NO2/c1-2-10-3-5-11(6-4-10)16(20)21-13-8-7-12(9-19)14(17)15(13)18/h7-8,10-11H,2-6H2,1H3/t10-,11-. The molecule has 0 aromatic heterocycles. The average molecular weight is 293 g/mol. The Kier molecular flexibility index (Phi) is 4.89. The molecule has 1 fully saturated rings. The van der Waals surface area contributed by atoms with Crippen molar-refractivity contribution in [3.05, 3.63) is 29.3 Å². The number of hydrogen-bond acceptors (Lipinski definition) is 3. The summed E-state index contributed by atoms with van der Waals surface area (Å²) in [6.07, 6.45) is 4.45. The van der Waals surface area contributed by atoms with E-state index >= 15 is 0 Å². The van der Waals surface area contributed by atoms with Gasteiger partial charge in [0.2, 0.25) is 5.82 Å². The van der Waals surface area contributed by atoms with E-state index in [1.165, 1.54) is 6.07 Å². The summed E-state index contributed by atoms with van der Waals surface area (Å²) in [6, 6.07) is 3.76. The van der Waals surface area contributed by atoms with Gasteiger partial charge in [0, 0.05) is 0 Å². The number of carbonyl (C=O) groups is 1. The van der Waals surface area contributed by atoms with Gasteiger partial charge in [-0.05, 0) is 43.7 Å². The van der Waals surface area contributed by atoms with Crippen LogP contribution in [0.1, 0.15) is 44.6 Å². The highest BCUT2D eigenvalue weighted by Crippen LogP contribution is 2.32. The molecule has 3 nitrogen and oxygen atoms in total. The van der Waals surface area contributed by atoms with Gasteiger partial charge < -0.3 is 4.74 Å². The summed E-state index contributed by atoms with van der Waals surface area (Å²) in [4.78, 5) is 12.0. The zero-order chi connectivity index (χ0) is 15.4. The predicted octanol–water partition coefficient (Wildman–Crippen LogP) is 3.96. The van der Waals surface area contributed by atoms with E-state index in [0.29, 0.717) is 5.92 Å². The van der Waals surface area contributed by atoms with Crippen LogP contribution in [0.5, 0.6) is 5.75 Å². The molecule has 2 rings (SSSR count). The van der Waals surface area contributed by atoms with E-state index < -0.39 is 28.9 Å². The van der Waals surface area contributed by atoms with E-state index in [-0.39, 0.29) is 5.92 Å². The molecule has 0 atom stereocenters. The summed E-state index contributed by atoms with van der Waals surface area (Å²) in [5, 5.41) is 8.60.